The van der Waals surface area contributed by atoms with E-state index in [1.165, 1.54) is 0 Å². The quantitative estimate of drug-likeness (QED) is 0.758. The minimum absolute atomic E-state index is 0.0177. The molecule has 0 radical (unpaired) electrons. The number of rotatable bonds is 2. The molecule has 1 aromatic heterocycles. The van der Waals surface area contributed by atoms with Crippen LogP contribution in [0.4, 0.5) is 0 Å². The van der Waals surface area contributed by atoms with Crippen LogP contribution in [0.1, 0.15) is 37.0 Å². The van der Waals surface area contributed by atoms with Crippen molar-refractivity contribution in [3.8, 4) is 0 Å². The molecule has 2 amide bonds. The van der Waals surface area contributed by atoms with Crippen molar-refractivity contribution in [2.75, 3.05) is 0 Å². The zero-order valence-electron chi connectivity index (χ0n) is 11.9. The van der Waals surface area contributed by atoms with Crippen LogP contribution < -0.4 is 10.6 Å². The SMILES string of the molecule is CC1(C)NC(=O)CCC1NC(=O)c1cccc2n[nH]nc12. The standard InChI is InChI=1S/C14H17N5O2/c1-14(2)10(6-7-11(20)16-14)15-13(21)8-4-3-5-9-12(8)18-19-17-9/h3-5,10H,6-7H2,1-2H3,(H,15,21)(H,16,20)(H,17,18,19). The summed E-state index contributed by atoms with van der Waals surface area (Å²) in [6, 6.07) is 5.16. The van der Waals surface area contributed by atoms with Crippen molar-refractivity contribution < 1.29 is 9.59 Å². The number of hydrogen-bond acceptors (Lipinski definition) is 4. The van der Waals surface area contributed by atoms with Gasteiger partial charge in [0.25, 0.3) is 5.91 Å². The van der Waals surface area contributed by atoms with Gasteiger partial charge in [0.2, 0.25) is 5.91 Å². The van der Waals surface area contributed by atoms with Gasteiger partial charge in [0.05, 0.1) is 17.1 Å². The first-order valence-electron chi connectivity index (χ1n) is 6.89. The highest BCUT2D eigenvalue weighted by Gasteiger charge is 2.36. The van der Waals surface area contributed by atoms with Crippen molar-refractivity contribution >= 4 is 22.8 Å². The molecule has 0 saturated carbocycles. The molecule has 1 unspecified atom stereocenters. The number of H-pyrrole nitrogens is 1. The maximum absolute atomic E-state index is 12.5. The van der Waals surface area contributed by atoms with Crippen molar-refractivity contribution in [3.05, 3.63) is 23.8 Å². The van der Waals surface area contributed by atoms with E-state index in [1.807, 2.05) is 13.8 Å². The molecule has 7 nitrogen and oxygen atoms in total. The highest BCUT2D eigenvalue weighted by atomic mass is 16.2. The first kappa shape index (κ1) is 13.5. The van der Waals surface area contributed by atoms with Gasteiger partial charge in [0, 0.05) is 6.42 Å². The third-order valence-electron chi connectivity index (χ3n) is 3.89. The largest absolute Gasteiger partial charge is 0.349 e. The summed E-state index contributed by atoms with van der Waals surface area (Å²) in [5, 5.41) is 16.4. The Morgan fingerprint density at radius 1 is 1.38 bits per heavy atom. The number of fused-ring (bicyclic) bond motifs is 1. The molecule has 0 bridgehead atoms. The number of piperidine rings is 1. The van der Waals surface area contributed by atoms with Crippen LogP contribution in [-0.4, -0.2) is 38.8 Å². The molecular formula is C14H17N5O2. The van der Waals surface area contributed by atoms with Gasteiger partial charge in [-0.05, 0) is 32.4 Å². The number of para-hydroxylation sites is 1. The summed E-state index contributed by atoms with van der Waals surface area (Å²) in [7, 11) is 0. The smallest absolute Gasteiger partial charge is 0.253 e. The Hall–Kier alpha value is -2.44. The molecule has 110 valence electrons. The molecule has 3 rings (SSSR count). The molecule has 2 aromatic rings. The lowest BCUT2D eigenvalue weighted by Gasteiger charge is -2.39. The third kappa shape index (κ3) is 2.46. The fraction of sp³-hybridized carbons (Fsp3) is 0.429. The number of benzene rings is 1. The minimum atomic E-state index is -0.470. The predicted octanol–water partition coefficient (Wildman–Crippen LogP) is 0.745. The average molecular weight is 287 g/mol. The summed E-state index contributed by atoms with van der Waals surface area (Å²) in [5.74, 6) is -0.187. The zero-order valence-corrected chi connectivity index (χ0v) is 11.9. The second-order valence-electron chi connectivity index (χ2n) is 5.83. The molecule has 1 aromatic carbocycles. The lowest BCUT2D eigenvalue weighted by Crippen LogP contribution is -2.62. The summed E-state index contributed by atoms with van der Waals surface area (Å²) in [5.41, 5.74) is 1.21. The van der Waals surface area contributed by atoms with Crippen LogP contribution in [0, 0.1) is 0 Å². The zero-order chi connectivity index (χ0) is 15.0. The number of carbonyl (C=O) groups excluding carboxylic acids is 2. The van der Waals surface area contributed by atoms with Gasteiger partial charge in [-0.3, -0.25) is 9.59 Å². The Morgan fingerprint density at radius 2 is 2.19 bits per heavy atom. The molecule has 21 heavy (non-hydrogen) atoms. The number of carbonyl (C=O) groups is 2. The van der Waals surface area contributed by atoms with Crippen molar-refractivity contribution in [2.24, 2.45) is 0 Å². The summed E-state index contributed by atoms with van der Waals surface area (Å²) >= 11 is 0. The normalized spacial score (nSPS) is 21.0. The fourth-order valence-electron chi connectivity index (χ4n) is 2.68. The molecule has 1 aliphatic heterocycles. The van der Waals surface area contributed by atoms with Crippen LogP contribution in [-0.2, 0) is 4.79 Å². The van der Waals surface area contributed by atoms with E-state index in [0.29, 0.717) is 29.4 Å². The Morgan fingerprint density at radius 3 is 2.95 bits per heavy atom. The van der Waals surface area contributed by atoms with Crippen molar-refractivity contribution in [3.63, 3.8) is 0 Å². The van der Waals surface area contributed by atoms with Gasteiger partial charge >= 0.3 is 0 Å². The summed E-state index contributed by atoms with van der Waals surface area (Å²) in [6.07, 6.45) is 1.04. The number of nitrogens with one attached hydrogen (secondary N) is 3. The number of aromatic nitrogens is 3. The molecule has 1 saturated heterocycles. The maximum atomic E-state index is 12.5. The van der Waals surface area contributed by atoms with Crippen LogP contribution in [0.25, 0.3) is 11.0 Å². The van der Waals surface area contributed by atoms with E-state index in [1.54, 1.807) is 18.2 Å². The fourth-order valence-corrected chi connectivity index (χ4v) is 2.68. The van der Waals surface area contributed by atoms with Crippen LogP contribution in [0.2, 0.25) is 0 Å². The number of nitrogens with zero attached hydrogens (tertiary/aromatic N) is 2. The minimum Gasteiger partial charge on any atom is -0.349 e. The number of hydrogen-bond donors (Lipinski definition) is 3. The van der Waals surface area contributed by atoms with E-state index in [9.17, 15) is 9.59 Å². The Balaban J connectivity index is 1.83. The Kier molecular flexibility index (Phi) is 3.12. The summed E-state index contributed by atoms with van der Waals surface area (Å²) < 4.78 is 0. The van der Waals surface area contributed by atoms with Gasteiger partial charge in [0.1, 0.15) is 11.0 Å². The molecule has 3 N–H and O–H groups in total. The van der Waals surface area contributed by atoms with Crippen molar-refractivity contribution in [1.82, 2.24) is 26.0 Å². The van der Waals surface area contributed by atoms with E-state index in [-0.39, 0.29) is 17.9 Å². The summed E-state index contributed by atoms with van der Waals surface area (Å²) in [6.45, 7) is 3.82. The maximum Gasteiger partial charge on any atom is 0.253 e. The van der Waals surface area contributed by atoms with Gasteiger partial charge in [0.15, 0.2) is 0 Å². The molecule has 2 heterocycles. The lowest BCUT2D eigenvalue weighted by molar-refractivity contribution is -0.125. The van der Waals surface area contributed by atoms with E-state index >= 15 is 0 Å². The molecular weight excluding hydrogens is 270 g/mol. The van der Waals surface area contributed by atoms with Crippen LogP contribution in [0.3, 0.4) is 0 Å². The van der Waals surface area contributed by atoms with Gasteiger partial charge in [-0.1, -0.05) is 6.07 Å². The molecule has 1 aliphatic rings. The molecule has 7 heteroatoms. The van der Waals surface area contributed by atoms with Crippen molar-refractivity contribution in [2.45, 2.75) is 38.3 Å². The predicted molar refractivity (Wildman–Crippen MR) is 76.6 cm³/mol. The van der Waals surface area contributed by atoms with Crippen LogP contribution in [0.15, 0.2) is 18.2 Å². The van der Waals surface area contributed by atoms with Gasteiger partial charge in [-0.2, -0.15) is 15.4 Å². The first-order chi connectivity index (χ1) is 9.97. The number of amides is 2. The second-order valence-corrected chi connectivity index (χ2v) is 5.83. The highest BCUT2D eigenvalue weighted by molar-refractivity contribution is 6.04. The molecule has 1 atom stereocenters. The molecule has 0 aliphatic carbocycles. The van der Waals surface area contributed by atoms with E-state index in [4.69, 9.17) is 0 Å². The van der Waals surface area contributed by atoms with E-state index < -0.39 is 5.54 Å². The average Bonchev–Trinajstić information content (AvgIpc) is 2.89. The van der Waals surface area contributed by atoms with E-state index in [2.05, 4.69) is 26.0 Å². The van der Waals surface area contributed by atoms with E-state index in [0.717, 1.165) is 0 Å². The van der Waals surface area contributed by atoms with Crippen molar-refractivity contribution in [1.29, 1.82) is 0 Å². The Labute approximate surface area is 121 Å². The van der Waals surface area contributed by atoms with Gasteiger partial charge in [-0.25, -0.2) is 0 Å². The van der Waals surface area contributed by atoms with Gasteiger partial charge < -0.3 is 10.6 Å². The van der Waals surface area contributed by atoms with Gasteiger partial charge in [-0.15, -0.1) is 0 Å². The highest BCUT2D eigenvalue weighted by Crippen LogP contribution is 2.21. The number of aromatic amines is 1. The topological polar surface area (TPSA) is 99.8 Å². The molecule has 0 spiro atoms. The van der Waals surface area contributed by atoms with Crippen LogP contribution >= 0.6 is 0 Å². The summed E-state index contributed by atoms with van der Waals surface area (Å²) in [4.78, 5) is 24.0. The Bertz CT molecular complexity index is 706. The third-order valence-corrected chi connectivity index (χ3v) is 3.89. The first-order valence-corrected chi connectivity index (χ1v) is 6.89. The molecule has 1 fully saturated rings. The lowest BCUT2D eigenvalue weighted by atomic mass is 9.86. The second kappa shape index (κ2) is 4.83. The van der Waals surface area contributed by atoms with Crippen LogP contribution in [0.5, 0.6) is 0 Å². The monoisotopic (exact) mass is 287 g/mol.